The van der Waals surface area contributed by atoms with Crippen molar-refractivity contribution in [2.45, 2.75) is 90.9 Å². The van der Waals surface area contributed by atoms with Gasteiger partial charge in [-0.05, 0) is 68.5 Å². The molecule has 0 saturated carbocycles. The van der Waals surface area contributed by atoms with Crippen molar-refractivity contribution in [2.75, 3.05) is 13.2 Å². The summed E-state index contributed by atoms with van der Waals surface area (Å²) >= 11 is 0. The Balaban J connectivity index is 1.51. The molecule has 2 rings (SSSR count). The van der Waals surface area contributed by atoms with E-state index in [1.165, 1.54) is 50.5 Å². The molecule has 0 bridgehead atoms. The zero-order valence-corrected chi connectivity index (χ0v) is 22.3. The largest absolute Gasteiger partial charge is 0.494 e. The zero-order chi connectivity index (χ0) is 25.8. The van der Waals surface area contributed by atoms with Crippen molar-refractivity contribution in [3.05, 3.63) is 66.2 Å². The van der Waals surface area contributed by atoms with Gasteiger partial charge in [-0.25, -0.2) is 4.79 Å². The second-order valence-corrected chi connectivity index (χ2v) is 9.37. The Morgan fingerprint density at radius 3 is 2.03 bits per heavy atom. The number of carbonyl (C=O) groups is 1. The highest BCUT2D eigenvalue weighted by atomic mass is 16.5. The van der Waals surface area contributed by atoms with Gasteiger partial charge in [-0.2, -0.15) is 10.2 Å². The van der Waals surface area contributed by atoms with Crippen molar-refractivity contribution in [2.24, 2.45) is 10.2 Å². The third-order valence-corrected chi connectivity index (χ3v) is 6.04. The van der Waals surface area contributed by atoms with E-state index < -0.39 is 0 Å². The summed E-state index contributed by atoms with van der Waals surface area (Å²) in [6.07, 6.45) is 13.9. The first-order valence-electron chi connectivity index (χ1n) is 13.6. The van der Waals surface area contributed by atoms with E-state index in [1.807, 2.05) is 36.4 Å². The third kappa shape index (κ3) is 12.7. The predicted molar refractivity (Wildman–Crippen MR) is 148 cm³/mol. The highest BCUT2D eigenvalue weighted by Gasteiger charge is 2.02. The van der Waals surface area contributed by atoms with Gasteiger partial charge >= 0.3 is 5.97 Å². The molecule has 5 heteroatoms. The van der Waals surface area contributed by atoms with E-state index in [9.17, 15) is 4.79 Å². The minimum Gasteiger partial charge on any atom is -0.494 e. The molecule has 2 aromatic rings. The van der Waals surface area contributed by atoms with Gasteiger partial charge in [0.25, 0.3) is 0 Å². The van der Waals surface area contributed by atoms with E-state index in [0.29, 0.717) is 12.2 Å². The summed E-state index contributed by atoms with van der Waals surface area (Å²) in [6.45, 7) is 8.71. The van der Waals surface area contributed by atoms with Crippen LogP contribution in [0.1, 0.15) is 90.0 Å². The lowest BCUT2D eigenvalue weighted by molar-refractivity contribution is -0.139. The van der Waals surface area contributed by atoms with Crippen LogP contribution in [0.5, 0.6) is 5.75 Å². The van der Waals surface area contributed by atoms with Crippen LogP contribution >= 0.6 is 0 Å². The van der Waals surface area contributed by atoms with E-state index in [-0.39, 0.29) is 5.97 Å². The molecule has 0 heterocycles. The van der Waals surface area contributed by atoms with Crippen LogP contribution in [0, 0.1) is 0 Å². The normalized spacial score (nSPS) is 11.1. The molecule has 0 unspecified atom stereocenters. The minimum atomic E-state index is -0.280. The summed E-state index contributed by atoms with van der Waals surface area (Å²) in [5.41, 5.74) is 3.51. The number of esters is 1. The average Bonchev–Trinajstić information content (AvgIpc) is 2.89. The summed E-state index contributed by atoms with van der Waals surface area (Å²) in [5.74, 6) is 0.601. The Kier molecular flexibility index (Phi) is 14.9. The number of carbonyl (C=O) groups excluding carboxylic acids is 1. The maximum Gasteiger partial charge on any atom is 0.333 e. The molecule has 36 heavy (non-hydrogen) atoms. The van der Waals surface area contributed by atoms with Gasteiger partial charge in [0.15, 0.2) is 0 Å². The molecule has 0 aliphatic carbocycles. The lowest BCUT2D eigenvalue weighted by Crippen LogP contribution is -2.05. The molecule has 0 fully saturated rings. The van der Waals surface area contributed by atoms with Crippen LogP contribution < -0.4 is 4.74 Å². The second kappa shape index (κ2) is 18.3. The van der Waals surface area contributed by atoms with Crippen molar-refractivity contribution in [1.29, 1.82) is 0 Å². The third-order valence-electron chi connectivity index (χ3n) is 6.04. The van der Waals surface area contributed by atoms with Crippen molar-refractivity contribution < 1.29 is 14.3 Å². The number of hydrogen-bond acceptors (Lipinski definition) is 5. The van der Waals surface area contributed by atoms with Crippen molar-refractivity contribution in [1.82, 2.24) is 0 Å². The molecule has 0 aliphatic heterocycles. The van der Waals surface area contributed by atoms with E-state index in [0.717, 1.165) is 55.8 Å². The highest BCUT2D eigenvalue weighted by Crippen LogP contribution is 2.25. The number of hydrogen-bond donors (Lipinski definition) is 0. The zero-order valence-electron chi connectivity index (χ0n) is 22.3. The van der Waals surface area contributed by atoms with E-state index in [1.54, 1.807) is 6.92 Å². The summed E-state index contributed by atoms with van der Waals surface area (Å²) in [6, 6.07) is 16.1. The van der Waals surface area contributed by atoms with Crippen LogP contribution in [0.3, 0.4) is 0 Å². The number of unbranched alkanes of at least 4 members (excludes halogenated alkanes) is 9. The summed E-state index contributed by atoms with van der Waals surface area (Å²) in [7, 11) is 0. The van der Waals surface area contributed by atoms with Crippen molar-refractivity contribution in [3.63, 3.8) is 0 Å². The lowest BCUT2D eigenvalue weighted by atomic mass is 10.1. The molecule has 0 spiro atoms. The van der Waals surface area contributed by atoms with Gasteiger partial charge in [-0.1, -0.05) is 83.1 Å². The minimum absolute atomic E-state index is 0.280. The SMILES string of the molecule is C=C(C)C(=O)OCCCCCCCCCCCOc1ccc(N=Nc2ccccc2CCCC)cc1. The molecule has 5 nitrogen and oxygen atoms in total. The van der Waals surface area contributed by atoms with Gasteiger partial charge in [0.05, 0.1) is 24.6 Å². The van der Waals surface area contributed by atoms with Gasteiger partial charge < -0.3 is 9.47 Å². The van der Waals surface area contributed by atoms with Gasteiger partial charge in [0.2, 0.25) is 0 Å². The van der Waals surface area contributed by atoms with Crippen molar-refractivity contribution in [3.8, 4) is 5.75 Å². The molecule has 0 amide bonds. The summed E-state index contributed by atoms with van der Waals surface area (Å²) in [4.78, 5) is 11.3. The van der Waals surface area contributed by atoms with Gasteiger partial charge in [-0.3, -0.25) is 0 Å². The Hall–Kier alpha value is -2.95. The molecule has 0 aromatic heterocycles. The number of ether oxygens (including phenoxy) is 2. The molecule has 2 aromatic carbocycles. The first kappa shape index (κ1) is 29.3. The van der Waals surface area contributed by atoms with E-state index in [4.69, 9.17) is 9.47 Å². The molecular weight excluding hydrogens is 448 g/mol. The molecule has 0 radical (unpaired) electrons. The fourth-order valence-electron chi connectivity index (χ4n) is 3.83. The molecule has 0 aliphatic rings. The lowest BCUT2D eigenvalue weighted by Gasteiger charge is -2.07. The van der Waals surface area contributed by atoms with E-state index >= 15 is 0 Å². The van der Waals surface area contributed by atoms with Gasteiger partial charge in [0, 0.05) is 5.57 Å². The number of aryl methyl sites for hydroxylation is 1. The van der Waals surface area contributed by atoms with Crippen LogP contribution in [-0.4, -0.2) is 19.2 Å². The van der Waals surface area contributed by atoms with Crippen LogP contribution in [-0.2, 0) is 16.0 Å². The maximum absolute atomic E-state index is 11.3. The Labute approximate surface area is 218 Å². The first-order valence-corrected chi connectivity index (χ1v) is 13.6. The van der Waals surface area contributed by atoms with Gasteiger partial charge in [-0.15, -0.1) is 0 Å². The molecule has 0 saturated heterocycles. The molecule has 0 N–H and O–H groups in total. The summed E-state index contributed by atoms with van der Waals surface area (Å²) in [5, 5.41) is 8.88. The fourth-order valence-corrected chi connectivity index (χ4v) is 3.83. The van der Waals surface area contributed by atoms with Crippen LogP contribution in [0.2, 0.25) is 0 Å². The Bertz CT molecular complexity index is 922. The standard InChI is InChI=1S/C31H44N2O3/c1-4-5-17-27-18-13-14-19-30(27)33-32-28-20-22-29(23-21-28)35-24-15-11-9-7-6-8-10-12-16-25-36-31(34)26(2)3/h13-14,18-23H,2,4-12,15-17,24-25H2,1,3H3. The number of nitrogens with zero attached hydrogens (tertiary/aromatic N) is 2. The first-order chi connectivity index (χ1) is 17.6. The average molecular weight is 493 g/mol. The fraction of sp³-hybridized carbons (Fsp3) is 0.516. The van der Waals surface area contributed by atoms with Gasteiger partial charge in [0.1, 0.15) is 5.75 Å². The smallest absolute Gasteiger partial charge is 0.333 e. The molecule has 0 atom stereocenters. The topological polar surface area (TPSA) is 60.2 Å². The van der Waals surface area contributed by atoms with Crippen molar-refractivity contribution >= 4 is 17.3 Å². The number of rotatable bonds is 19. The quantitative estimate of drug-likeness (QED) is 0.0849. The van der Waals surface area contributed by atoms with Crippen LogP contribution in [0.15, 0.2) is 70.9 Å². The molecule has 196 valence electrons. The maximum atomic E-state index is 11.3. The van der Waals surface area contributed by atoms with Crippen LogP contribution in [0.25, 0.3) is 0 Å². The predicted octanol–water partition coefficient (Wildman–Crippen LogP) is 9.45. The second-order valence-electron chi connectivity index (χ2n) is 9.37. The highest BCUT2D eigenvalue weighted by molar-refractivity contribution is 5.86. The Morgan fingerprint density at radius 1 is 0.778 bits per heavy atom. The van der Waals surface area contributed by atoms with E-state index in [2.05, 4.69) is 35.9 Å². The Morgan fingerprint density at radius 2 is 1.39 bits per heavy atom. The molecular formula is C31H44N2O3. The summed E-state index contributed by atoms with van der Waals surface area (Å²) < 4.78 is 11.0. The number of azo groups is 1. The van der Waals surface area contributed by atoms with Crippen LogP contribution in [0.4, 0.5) is 11.4 Å². The number of benzene rings is 2. The monoisotopic (exact) mass is 492 g/mol.